The summed E-state index contributed by atoms with van der Waals surface area (Å²) in [5.41, 5.74) is 0.121. The van der Waals surface area contributed by atoms with Gasteiger partial charge < -0.3 is 25.4 Å². The number of aromatic hydroxyl groups is 1. The number of nitrogens with one attached hydrogen (secondary N) is 2. The van der Waals surface area contributed by atoms with E-state index in [1.807, 2.05) is 63.2 Å². The number of hydrogen-bond acceptors (Lipinski definition) is 5. The molecule has 3 rings (SSSR count). The number of rotatable bonds is 12. The van der Waals surface area contributed by atoms with Crippen LogP contribution in [-0.4, -0.2) is 45.6 Å². The fraction of sp³-hybridized carbons (Fsp3) is 0.472. The molecule has 238 valence electrons. The van der Waals surface area contributed by atoms with Crippen molar-refractivity contribution in [1.82, 2.24) is 10.2 Å². The summed E-state index contributed by atoms with van der Waals surface area (Å²) in [4.78, 5) is 43.4. The van der Waals surface area contributed by atoms with Crippen molar-refractivity contribution in [3.63, 3.8) is 0 Å². The van der Waals surface area contributed by atoms with E-state index in [0.717, 1.165) is 17.2 Å². The lowest BCUT2D eigenvalue weighted by molar-refractivity contribution is -0.144. The van der Waals surface area contributed by atoms with Crippen molar-refractivity contribution in [3.05, 3.63) is 72.3 Å². The second-order valence-electron chi connectivity index (χ2n) is 13.4. The van der Waals surface area contributed by atoms with Gasteiger partial charge in [0.05, 0.1) is 0 Å². The molecule has 0 aliphatic rings. The van der Waals surface area contributed by atoms with Gasteiger partial charge in [0.1, 0.15) is 23.4 Å². The zero-order valence-corrected chi connectivity index (χ0v) is 27.4. The molecule has 0 fully saturated rings. The Morgan fingerprint density at radius 2 is 1.48 bits per heavy atom. The van der Waals surface area contributed by atoms with Crippen molar-refractivity contribution < 1.29 is 24.2 Å². The monoisotopic (exact) mass is 603 g/mol. The van der Waals surface area contributed by atoms with Gasteiger partial charge in [0.2, 0.25) is 5.91 Å². The van der Waals surface area contributed by atoms with Crippen LogP contribution in [0.25, 0.3) is 10.8 Å². The van der Waals surface area contributed by atoms with E-state index in [-0.39, 0.29) is 11.7 Å². The summed E-state index contributed by atoms with van der Waals surface area (Å²) >= 11 is 0. The van der Waals surface area contributed by atoms with Crippen LogP contribution in [0.2, 0.25) is 0 Å². The predicted octanol–water partition coefficient (Wildman–Crippen LogP) is 7.82. The highest BCUT2D eigenvalue weighted by Gasteiger charge is 2.40. The van der Waals surface area contributed by atoms with Crippen molar-refractivity contribution in [3.8, 4) is 5.75 Å². The summed E-state index contributed by atoms with van der Waals surface area (Å²) in [7, 11) is 0. The Kier molecular flexibility index (Phi) is 11.8. The third-order valence-corrected chi connectivity index (χ3v) is 7.36. The average molecular weight is 604 g/mol. The van der Waals surface area contributed by atoms with Crippen LogP contribution in [0.5, 0.6) is 5.75 Å². The quantitative estimate of drug-likeness (QED) is 0.196. The fourth-order valence-corrected chi connectivity index (χ4v) is 5.25. The van der Waals surface area contributed by atoms with Crippen LogP contribution in [-0.2, 0) is 14.3 Å². The van der Waals surface area contributed by atoms with Crippen LogP contribution >= 0.6 is 0 Å². The van der Waals surface area contributed by atoms with Crippen LogP contribution in [0.4, 0.5) is 10.5 Å². The highest BCUT2D eigenvalue weighted by molar-refractivity contribution is 6.00. The Morgan fingerprint density at radius 1 is 0.841 bits per heavy atom. The molecule has 8 heteroatoms. The van der Waals surface area contributed by atoms with Crippen LogP contribution in [0.1, 0.15) is 86.3 Å². The molecule has 3 N–H and O–H groups in total. The number of phenols is 1. The second kappa shape index (κ2) is 15.1. The first-order chi connectivity index (χ1) is 20.7. The SMILES string of the molecule is CC(C)CCC(C)N(C(=O)C(CC(C)C)NC(=O)OC(C)(C)C)C(C(=O)Nc1ccc2ccccc2c1)c1ccccc1O. The van der Waals surface area contributed by atoms with Crippen LogP contribution in [0.15, 0.2) is 66.7 Å². The standard InChI is InChI=1S/C36H49N3O5/c1-23(2)17-18-25(5)39(34(42)30(21-24(3)4)38-35(43)44-36(6,7)8)32(29-15-11-12-16-31(29)40)33(41)37-28-20-19-26-13-9-10-14-27(26)22-28/h9-16,19-20,22-25,30,32,40H,17-18,21H2,1-8H3,(H,37,41)(H,38,43). The van der Waals surface area contributed by atoms with Gasteiger partial charge in [-0.25, -0.2) is 4.79 Å². The molecule has 0 aliphatic carbocycles. The summed E-state index contributed by atoms with van der Waals surface area (Å²) in [6.45, 7) is 15.4. The van der Waals surface area contributed by atoms with E-state index >= 15 is 0 Å². The third-order valence-electron chi connectivity index (χ3n) is 7.36. The van der Waals surface area contributed by atoms with Crippen LogP contribution < -0.4 is 10.6 Å². The summed E-state index contributed by atoms with van der Waals surface area (Å²) < 4.78 is 5.50. The zero-order valence-electron chi connectivity index (χ0n) is 27.4. The molecule has 44 heavy (non-hydrogen) atoms. The van der Waals surface area contributed by atoms with Gasteiger partial charge in [-0.2, -0.15) is 0 Å². The molecular formula is C36H49N3O5. The average Bonchev–Trinajstić information content (AvgIpc) is 2.93. The molecule has 3 unspecified atom stereocenters. The first kappa shape index (κ1) is 34.4. The van der Waals surface area contributed by atoms with Gasteiger partial charge in [-0.1, -0.05) is 76.2 Å². The Bertz CT molecular complexity index is 1430. The minimum atomic E-state index is -1.17. The topological polar surface area (TPSA) is 108 Å². The Labute approximate surface area is 262 Å². The second-order valence-corrected chi connectivity index (χ2v) is 13.4. The molecule has 3 aromatic rings. The molecule has 3 aromatic carbocycles. The molecule has 0 radical (unpaired) electrons. The number of hydrogen-bond donors (Lipinski definition) is 3. The first-order valence-electron chi connectivity index (χ1n) is 15.6. The number of phenolic OH excluding ortho intramolecular Hbond substituents is 1. The first-order valence-corrected chi connectivity index (χ1v) is 15.6. The number of anilines is 1. The summed E-state index contributed by atoms with van der Waals surface area (Å²) in [5, 5.41) is 18.8. The van der Waals surface area contributed by atoms with Gasteiger partial charge >= 0.3 is 6.09 Å². The minimum Gasteiger partial charge on any atom is -0.508 e. The summed E-state index contributed by atoms with van der Waals surface area (Å²) in [6, 6.07) is 17.5. The number of nitrogens with zero attached hydrogens (tertiary/aromatic N) is 1. The number of alkyl carbamates (subject to hydrolysis) is 1. The van der Waals surface area contributed by atoms with Crippen molar-refractivity contribution in [2.45, 2.75) is 98.4 Å². The van der Waals surface area contributed by atoms with Crippen molar-refractivity contribution in [2.24, 2.45) is 11.8 Å². The van der Waals surface area contributed by atoms with Crippen molar-refractivity contribution in [2.75, 3.05) is 5.32 Å². The number of carbonyl (C=O) groups excluding carboxylic acids is 3. The maximum Gasteiger partial charge on any atom is 0.408 e. The molecule has 0 heterocycles. The summed E-state index contributed by atoms with van der Waals surface area (Å²) in [6.07, 6.45) is 1.08. The minimum absolute atomic E-state index is 0.0571. The van der Waals surface area contributed by atoms with Crippen molar-refractivity contribution in [1.29, 1.82) is 0 Å². The maximum absolute atomic E-state index is 14.6. The lowest BCUT2D eigenvalue weighted by Crippen LogP contribution is -2.55. The van der Waals surface area contributed by atoms with Gasteiger partial charge in [0.25, 0.3) is 5.91 Å². The number of carbonyl (C=O) groups is 3. The Hall–Kier alpha value is -4.07. The van der Waals surface area contributed by atoms with E-state index in [1.165, 1.54) is 11.0 Å². The maximum atomic E-state index is 14.6. The number of ether oxygens (including phenoxy) is 1. The predicted molar refractivity (Wildman–Crippen MR) is 176 cm³/mol. The molecule has 3 amide bonds. The third kappa shape index (κ3) is 9.73. The zero-order chi connectivity index (χ0) is 32.6. The Morgan fingerprint density at radius 3 is 2.09 bits per heavy atom. The lowest BCUT2D eigenvalue weighted by Gasteiger charge is -2.39. The van der Waals surface area contributed by atoms with E-state index < -0.39 is 41.6 Å². The number of para-hydroxylation sites is 1. The number of benzene rings is 3. The molecule has 0 spiro atoms. The van der Waals surface area contributed by atoms with E-state index in [4.69, 9.17) is 4.74 Å². The number of fused-ring (bicyclic) bond motifs is 1. The highest BCUT2D eigenvalue weighted by atomic mass is 16.6. The smallest absolute Gasteiger partial charge is 0.408 e. The van der Waals surface area contributed by atoms with Gasteiger partial charge in [-0.05, 0) is 87.8 Å². The number of amides is 3. The molecular weight excluding hydrogens is 554 g/mol. The van der Waals surface area contributed by atoms with Gasteiger partial charge in [0, 0.05) is 17.3 Å². The molecule has 0 saturated carbocycles. The normalized spacial score (nSPS) is 13.8. The van der Waals surface area contributed by atoms with E-state index in [9.17, 15) is 19.5 Å². The molecule has 8 nitrogen and oxygen atoms in total. The van der Waals surface area contributed by atoms with Gasteiger partial charge in [0.15, 0.2) is 0 Å². The largest absolute Gasteiger partial charge is 0.508 e. The van der Waals surface area contributed by atoms with Crippen LogP contribution in [0, 0.1) is 11.8 Å². The fourth-order valence-electron chi connectivity index (χ4n) is 5.25. The molecule has 0 aromatic heterocycles. The highest BCUT2D eigenvalue weighted by Crippen LogP contribution is 2.34. The van der Waals surface area contributed by atoms with Gasteiger partial charge in [-0.15, -0.1) is 0 Å². The summed E-state index contributed by atoms with van der Waals surface area (Å²) in [5.74, 6) is -0.548. The molecule has 0 bridgehead atoms. The Balaban J connectivity index is 2.11. The molecule has 0 aliphatic heterocycles. The lowest BCUT2D eigenvalue weighted by atomic mass is 9.95. The molecule has 3 atom stereocenters. The molecule has 0 saturated heterocycles. The van der Waals surface area contributed by atoms with Crippen molar-refractivity contribution >= 4 is 34.4 Å². The van der Waals surface area contributed by atoms with E-state index in [1.54, 1.807) is 39.0 Å². The van der Waals surface area contributed by atoms with Crippen LogP contribution in [0.3, 0.4) is 0 Å². The van der Waals surface area contributed by atoms with E-state index in [0.29, 0.717) is 30.0 Å². The van der Waals surface area contributed by atoms with Gasteiger partial charge in [-0.3, -0.25) is 9.59 Å². The van der Waals surface area contributed by atoms with E-state index in [2.05, 4.69) is 24.5 Å².